The summed E-state index contributed by atoms with van der Waals surface area (Å²) in [5.74, 6) is 0.373. The number of benzene rings is 2. The molecule has 0 radical (unpaired) electrons. The summed E-state index contributed by atoms with van der Waals surface area (Å²) >= 11 is 0. The highest BCUT2D eigenvalue weighted by atomic mass is 16.5. The van der Waals surface area contributed by atoms with Gasteiger partial charge in [0.25, 0.3) is 5.91 Å². The summed E-state index contributed by atoms with van der Waals surface area (Å²) < 4.78 is 5.60. The van der Waals surface area contributed by atoms with Crippen molar-refractivity contribution in [2.75, 3.05) is 36.2 Å². The molecule has 0 unspecified atom stereocenters. The van der Waals surface area contributed by atoms with Crippen molar-refractivity contribution < 1.29 is 19.1 Å². The third-order valence-electron chi connectivity index (χ3n) is 7.16. The first-order valence-electron chi connectivity index (χ1n) is 12.0. The molecule has 3 aliphatic heterocycles. The minimum absolute atomic E-state index is 0.0387. The summed E-state index contributed by atoms with van der Waals surface area (Å²) in [4.78, 5) is 44.5. The number of rotatable bonds is 6. The molecule has 0 bridgehead atoms. The van der Waals surface area contributed by atoms with E-state index in [9.17, 15) is 14.4 Å². The van der Waals surface area contributed by atoms with Crippen molar-refractivity contribution in [1.29, 1.82) is 0 Å². The maximum absolute atomic E-state index is 13.3. The molecule has 1 atom stereocenters. The molecule has 178 valence electrons. The predicted octanol–water partition coefficient (Wildman–Crippen LogP) is 2.54. The van der Waals surface area contributed by atoms with E-state index in [1.165, 1.54) is 4.90 Å². The highest BCUT2D eigenvalue weighted by Gasteiger charge is 2.52. The van der Waals surface area contributed by atoms with Crippen LogP contribution >= 0.6 is 0 Å². The van der Waals surface area contributed by atoms with E-state index in [0.29, 0.717) is 44.9 Å². The first kappa shape index (κ1) is 22.4. The first-order chi connectivity index (χ1) is 16.5. The van der Waals surface area contributed by atoms with Crippen LogP contribution in [0.5, 0.6) is 5.75 Å². The van der Waals surface area contributed by atoms with Crippen LogP contribution in [0, 0.1) is 0 Å². The number of hydrogen-bond acceptors (Lipinski definition) is 6. The standard InChI is InChI=1S/C26H30N4O4/c1-2-16-34-21-10-8-20(9-11-21)30-23(31)17-22(24(30)32)28-14-12-26(13-15-28)25(33)27-18-29(26)19-6-4-3-5-7-19/h3-11,22H,2,12-18H2,1H3,(H,27,33)/t22-/m0/s1. The molecule has 8 heteroatoms. The average molecular weight is 463 g/mol. The van der Waals surface area contributed by atoms with Crippen LogP contribution in [-0.4, -0.2) is 60.6 Å². The van der Waals surface area contributed by atoms with E-state index < -0.39 is 11.6 Å². The molecule has 8 nitrogen and oxygen atoms in total. The van der Waals surface area contributed by atoms with Gasteiger partial charge in [0, 0.05) is 18.8 Å². The van der Waals surface area contributed by atoms with E-state index in [0.717, 1.165) is 17.9 Å². The van der Waals surface area contributed by atoms with E-state index in [2.05, 4.69) is 15.1 Å². The fraction of sp³-hybridized carbons (Fsp3) is 0.423. The molecule has 3 amide bonds. The van der Waals surface area contributed by atoms with E-state index in [1.807, 2.05) is 37.3 Å². The number of nitrogens with zero attached hydrogens (tertiary/aromatic N) is 3. The topological polar surface area (TPSA) is 82.2 Å². The zero-order valence-corrected chi connectivity index (χ0v) is 19.4. The number of piperidine rings is 1. The molecular weight excluding hydrogens is 432 g/mol. The molecule has 3 saturated heterocycles. The summed E-state index contributed by atoms with van der Waals surface area (Å²) in [5, 5.41) is 3.00. The molecule has 0 saturated carbocycles. The number of amides is 3. The van der Waals surface area contributed by atoms with E-state index in [4.69, 9.17) is 4.74 Å². The summed E-state index contributed by atoms with van der Waals surface area (Å²) in [6.07, 6.45) is 2.28. The molecule has 0 aliphatic carbocycles. The van der Waals surface area contributed by atoms with Crippen molar-refractivity contribution >= 4 is 29.1 Å². The second-order valence-corrected chi connectivity index (χ2v) is 9.12. The maximum Gasteiger partial charge on any atom is 0.251 e. The van der Waals surface area contributed by atoms with Gasteiger partial charge in [-0.3, -0.25) is 19.3 Å². The van der Waals surface area contributed by atoms with Gasteiger partial charge < -0.3 is 15.0 Å². The molecule has 0 aromatic heterocycles. The van der Waals surface area contributed by atoms with E-state index in [1.54, 1.807) is 24.3 Å². The van der Waals surface area contributed by atoms with Crippen LogP contribution in [0.1, 0.15) is 32.6 Å². The predicted molar refractivity (Wildman–Crippen MR) is 129 cm³/mol. The molecule has 5 rings (SSSR count). The monoisotopic (exact) mass is 462 g/mol. The quantitative estimate of drug-likeness (QED) is 0.665. The summed E-state index contributed by atoms with van der Waals surface area (Å²) in [6.45, 7) is 4.31. The Morgan fingerprint density at radius 3 is 2.35 bits per heavy atom. The Morgan fingerprint density at radius 1 is 0.971 bits per heavy atom. The zero-order valence-electron chi connectivity index (χ0n) is 19.4. The highest BCUT2D eigenvalue weighted by molar-refractivity contribution is 6.22. The van der Waals surface area contributed by atoms with Crippen LogP contribution in [-0.2, 0) is 14.4 Å². The Kier molecular flexibility index (Phi) is 6.00. The molecule has 2 aromatic rings. The minimum atomic E-state index is -0.614. The average Bonchev–Trinajstić information content (AvgIpc) is 3.34. The van der Waals surface area contributed by atoms with Crippen molar-refractivity contribution in [1.82, 2.24) is 10.2 Å². The highest BCUT2D eigenvalue weighted by Crippen LogP contribution is 2.38. The van der Waals surface area contributed by atoms with E-state index >= 15 is 0 Å². The second kappa shape index (κ2) is 9.10. The van der Waals surface area contributed by atoms with Gasteiger partial charge in [-0.1, -0.05) is 25.1 Å². The molecule has 3 heterocycles. The number of para-hydroxylation sites is 1. The number of hydrogen-bond donors (Lipinski definition) is 1. The minimum Gasteiger partial charge on any atom is -0.494 e. The largest absolute Gasteiger partial charge is 0.494 e. The van der Waals surface area contributed by atoms with Crippen molar-refractivity contribution in [2.24, 2.45) is 0 Å². The molecule has 2 aromatic carbocycles. The Labute approximate surface area is 199 Å². The van der Waals surface area contributed by atoms with Gasteiger partial charge in [-0.05, 0) is 55.7 Å². The van der Waals surface area contributed by atoms with Gasteiger partial charge in [0.1, 0.15) is 11.3 Å². The number of carbonyl (C=O) groups excluding carboxylic acids is 3. The number of likely N-dealkylation sites (tertiary alicyclic amines) is 1. The molecule has 1 N–H and O–H groups in total. The van der Waals surface area contributed by atoms with Crippen LogP contribution in [0.3, 0.4) is 0 Å². The lowest BCUT2D eigenvalue weighted by atomic mass is 9.85. The lowest BCUT2D eigenvalue weighted by Crippen LogP contribution is -2.58. The lowest BCUT2D eigenvalue weighted by Gasteiger charge is -2.44. The van der Waals surface area contributed by atoms with Crippen molar-refractivity contribution in [3.05, 3.63) is 54.6 Å². The van der Waals surface area contributed by atoms with Gasteiger partial charge >= 0.3 is 0 Å². The lowest BCUT2D eigenvalue weighted by molar-refractivity contribution is -0.126. The molecule has 34 heavy (non-hydrogen) atoms. The zero-order chi connectivity index (χ0) is 23.7. The van der Waals surface area contributed by atoms with Crippen LogP contribution in [0.15, 0.2) is 54.6 Å². The Hall–Kier alpha value is -3.39. The fourth-order valence-electron chi connectivity index (χ4n) is 5.32. The number of imide groups is 1. The number of nitrogens with one attached hydrogen (secondary N) is 1. The summed E-state index contributed by atoms with van der Waals surface area (Å²) in [5.41, 5.74) is 0.969. The smallest absolute Gasteiger partial charge is 0.251 e. The second-order valence-electron chi connectivity index (χ2n) is 9.12. The number of anilines is 2. The van der Waals surface area contributed by atoms with Crippen molar-refractivity contribution in [3.63, 3.8) is 0 Å². The summed E-state index contributed by atoms with van der Waals surface area (Å²) in [7, 11) is 0. The molecular formula is C26H30N4O4. The molecule has 3 fully saturated rings. The Morgan fingerprint density at radius 2 is 1.68 bits per heavy atom. The molecule has 3 aliphatic rings. The number of ether oxygens (including phenoxy) is 1. The van der Waals surface area contributed by atoms with Crippen LogP contribution in [0.25, 0.3) is 0 Å². The summed E-state index contributed by atoms with van der Waals surface area (Å²) in [6, 6.07) is 16.6. The maximum atomic E-state index is 13.3. The van der Waals surface area contributed by atoms with Crippen LogP contribution in [0.4, 0.5) is 11.4 Å². The van der Waals surface area contributed by atoms with Gasteiger partial charge in [-0.2, -0.15) is 0 Å². The molecule has 1 spiro atoms. The van der Waals surface area contributed by atoms with Crippen molar-refractivity contribution in [2.45, 2.75) is 44.2 Å². The number of carbonyl (C=O) groups is 3. The van der Waals surface area contributed by atoms with Crippen LogP contribution < -0.4 is 19.9 Å². The normalized spacial score (nSPS) is 22.5. The fourth-order valence-corrected chi connectivity index (χ4v) is 5.32. The van der Waals surface area contributed by atoms with Gasteiger partial charge in [0.05, 0.1) is 31.4 Å². The van der Waals surface area contributed by atoms with Gasteiger partial charge in [0.2, 0.25) is 11.8 Å². The Balaban J connectivity index is 1.28. The van der Waals surface area contributed by atoms with Crippen LogP contribution in [0.2, 0.25) is 0 Å². The van der Waals surface area contributed by atoms with Gasteiger partial charge in [0.15, 0.2) is 0 Å². The van der Waals surface area contributed by atoms with Gasteiger partial charge in [-0.15, -0.1) is 0 Å². The Bertz CT molecular complexity index is 1060. The third kappa shape index (κ3) is 3.81. The first-order valence-corrected chi connectivity index (χ1v) is 12.0. The third-order valence-corrected chi connectivity index (χ3v) is 7.16. The van der Waals surface area contributed by atoms with Crippen molar-refractivity contribution in [3.8, 4) is 5.75 Å². The SMILES string of the molecule is CCCOc1ccc(N2C(=O)C[C@H](N3CCC4(CC3)C(=O)NCN4c3ccccc3)C2=O)cc1. The van der Waals surface area contributed by atoms with Gasteiger partial charge in [-0.25, -0.2) is 4.90 Å². The van der Waals surface area contributed by atoms with E-state index in [-0.39, 0.29) is 24.1 Å².